The highest BCUT2D eigenvalue weighted by Gasteiger charge is 2.34. The Balaban J connectivity index is 2.14. The van der Waals surface area contributed by atoms with Crippen molar-refractivity contribution in [2.45, 2.75) is 58.4 Å². The van der Waals surface area contributed by atoms with Gasteiger partial charge in [0.2, 0.25) is 0 Å². The number of nitrogens with zero attached hydrogens (tertiary/aromatic N) is 2. The first-order valence-corrected chi connectivity index (χ1v) is 8.05. The van der Waals surface area contributed by atoms with Crippen molar-refractivity contribution in [3.05, 3.63) is 11.9 Å². The summed E-state index contributed by atoms with van der Waals surface area (Å²) in [6.07, 6.45) is 6.93. The Morgan fingerprint density at radius 1 is 1.29 bits per heavy atom. The molecule has 0 unspecified atom stereocenters. The molecule has 1 fully saturated rings. The summed E-state index contributed by atoms with van der Waals surface area (Å²) in [6, 6.07) is 0. The van der Waals surface area contributed by atoms with E-state index < -0.39 is 0 Å². The number of hydrogen-bond acceptors (Lipinski definition) is 5. The number of nitrogens with one attached hydrogen (secondary N) is 2. The summed E-state index contributed by atoms with van der Waals surface area (Å²) < 4.78 is 0. The zero-order valence-electron chi connectivity index (χ0n) is 13.4. The van der Waals surface area contributed by atoms with Gasteiger partial charge in [0.15, 0.2) is 0 Å². The molecule has 1 aromatic rings. The van der Waals surface area contributed by atoms with E-state index in [2.05, 4.69) is 34.4 Å². The van der Waals surface area contributed by atoms with Crippen molar-refractivity contribution in [1.29, 1.82) is 0 Å². The van der Waals surface area contributed by atoms with Gasteiger partial charge in [0.05, 0.1) is 12.1 Å². The van der Waals surface area contributed by atoms with Gasteiger partial charge >= 0.3 is 0 Å². The largest absolute Gasteiger partial charge is 0.394 e. The predicted octanol–water partition coefficient (Wildman–Crippen LogP) is 2.96. The summed E-state index contributed by atoms with van der Waals surface area (Å²) in [6.45, 7) is 7.49. The highest BCUT2D eigenvalue weighted by molar-refractivity contribution is 5.57. The van der Waals surface area contributed by atoms with Crippen molar-refractivity contribution < 1.29 is 5.11 Å². The van der Waals surface area contributed by atoms with E-state index in [1.807, 2.05) is 6.92 Å². The smallest absolute Gasteiger partial charge is 0.134 e. The monoisotopic (exact) mass is 292 g/mol. The van der Waals surface area contributed by atoms with E-state index in [0.717, 1.165) is 61.8 Å². The van der Waals surface area contributed by atoms with E-state index in [0.29, 0.717) is 0 Å². The first-order valence-electron chi connectivity index (χ1n) is 8.05. The van der Waals surface area contributed by atoms with Crippen LogP contribution in [0.5, 0.6) is 0 Å². The van der Waals surface area contributed by atoms with Crippen LogP contribution in [0.4, 0.5) is 11.6 Å². The maximum atomic E-state index is 9.87. The van der Waals surface area contributed by atoms with E-state index in [4.69, 9.17) is 0 Å². The summed E-state index contributed by atoms with van der Waals surface area (Å²) in [7, 11) is 0. The average Bonchev–Trinajstić information content (AvgIpc) is 2.51. The molecule has 1 saturated carbocycles. The van der Waals surface area contributed by atoms with Crippen molar-refractivity contribution >= 4 is 11.6 Å². The van der Waals surface area contributed by atoms with Crippen LogP contribution in [0.25, 0.3) is 0 Å². The fraction of sp³-hybridized carbons (Fsp3) is 0.750. The second-order valence-corrected chi connectivity index (χ2v) is 6.37. The molecule has 0 saturated heterocycles. The maximum Gasteiger partial charge on any atom is 0.134 e. The molecule has 1 heterocycles. The molecule has 0 bridgehead atoms. The summed E-state index contributed by atoms with van der Waals surface area (Å²) >= 11 is 0. The van der Waals surface area contributed by atoms with Crippen LogP contribution in [0.2, 0.25) is 0 Å². The van der Waals surface area contributed by atoms with Crippen LogP contribution in [0, 0.1) is 12.8 Å². The first kappa shape index (κ1) is 16.0. The third-order valence-electron chi connectivity index (χ3n) is 4.54. The molecule has 0 radical (unpaired) electrons. The van der Waals surface area contributed by atoms with Crippen LogP contribution in [-0.4, -0.2) is 33.8 Å². The van der Waals surface area contributed by atoms with Gasteiger partial charge in [-0.3, -0.25) is 0 Å². The van der Waals surface area contributed by atoms with Crippen molar-refractivity contribution in [3.63, 3.8) is 0 Å². The highest BCUT2D eigenvalue weighted by atomic mass is 16.3. The van der Waals surface area contributed by atoms with Crippen molar-refractivity contribution in [3.8, 4) is 0 Å². The molecule has 2 rings (SSSR count). The molecule has 1 aliphatic rings. The zero-order chi connectivity index (χ0) is 15.3. The van der Waals surface area contributed by atoms with E-state index >= 15 is 0 Å². The second kappa shape index (κ2) is 7.07. The van der Waals surface area contributed by atoms with Gasteiger partial charge in [-0.05, 0) is 44.9 Å². The first-order chi connectivity index (χ1) is 10.1. The fourth-order valence-electron chi connectivity index (χ4n) is 2.89. The summed E-state index contributed by atoms with van der Waals surface area (Å²) in [4.78, 5) is 8.69. The van der Waals surface area contributed by atoms with E-state index in [9.17, 15) is 5.11 Å². The van der Waals surface area contributed by atoms with Gasteiger partial charge in [0, 0.05) is 12.1 Å². The number of aliphatic hydroxyl groups is 1. The molecule has 0 spiro atoms. The molecule has 0 aliphatic heterocycles. The molecular weight excluding hydrogens is 264 g/mol. The number of hydrogen-bond donors (Lipinski definition) is 3. The lowest BCUT2D eigenvalue weighted by molar-refractivity contribution is 0.155. The van der Waals surface area contributed by atoms with Crippen LogP contribution in [0.3, 0.4) is 0 Å². The Morgan fingerprint density at radius 3 is 2.57 bits per heavy atom. The van der Waals surface area contributed by atoms with E-state index in [1.165, 1.54) is 0 Å². The molecule has 118 valence electrons. The van der Waals surface area contributed by atoms with E-state index in [1.54, 1.807) is 6.33 Å². The van der Waals surface area contributed by atoms with Crippen molar-refractivity contribution in [2.75, 3.05) is 23.8 Å². The molecule has 0 atom stereocenters. The highest BCUT2D eigenvalue weighted by Crippen LogP contribution is 2.35. The summed E-state index contributed by atoms with van der Waals surface area (Å²) in [5.41, 5.74) is 0.797. The number of aliphatic hydroxyl groups excluding tert-OH is 1. The molecule has 21 heavy (non-hydrogen) atoms. The summed E-state index contributed by atoms with van der Waals surface area (Å²) in [5, 5.41) is 16.7. The maximum absolute atomic E-state index is 9.87. The minimum Gasteiger partial charge on any atom is -0.394 e. The van der Waals surface area contributed by atoms with E-state index in [-0.39, 0.29) is 12.1 Å². The standard InChI is InChI=1S/C16H28N4O/c1-4-9-17-14-13(3)15(19-11-18-14)20-16(10-21)7-5-12(2)6-8-16/h11-12,21H,4-10H2,1-3H3,(H2,17,18,19,20). The minimum absolute atomic E-state index is 0.154. The molecule has 0 aromatic carbocycles. The molecule has 3 N–H and O–H groups in total. The second-order valence-electron chi connectivity index (χ2n) is 6.37. The summed E-state index contributed by atoms with van der Waals surface area (Å²) in [5.74, 6) is 2.47. The molecule has 0 amide bonds. The number of anilines is 2. The quantitative estimate of drug-likeness (QED) is 0.752. The fourth-order valence-corrected chi connectivity index (χ4v) is 2.89. The van der Waals surface area contributed by atoms with Crippen LogP contribution in [-0.2, 0) is 0 Å². The van der Waals surface area contributed by atoms with Crippen molar-refractivity contribution in [1.82, 2.24) is 9.97 Å². The Bertz CT molecular complexity index is 456. The Kier molecular flexibility index (Phi) is 5.39. The van der Waals surface area contributed by atoms with Gasteiger partial charge < -0.3 is 15.7 Å². The average molecular weight is 292 g/mol. The van der Waals surface area contributed by atoms with Crippen LogP contribution < -0.4 is 10.6 Å². The van der Waals surface area contributed by atoms with Gasteiger partial charge in [-0.1, -0.05) is 13.8 Å². The molecular formula is C16H28N4O. The van der Waals surface area contributed by atoms with Gasteiger partial charge in [0.1, 0.15) is 18.0 Å². The Labute approximate surface area is 127 Å². The minimum atomic E-state index is -0.229. The zero-order valence-corrected chi connectivity index (χ0v) is 13.4. The normalized spacial score (nSPS) is 25.6. The Hall–Kier alpha value is -1.36. The van der Waals surface area contributed by atoms with Gasteiger partial charge in [-0.25, -0.2) is 9.97 Å². The molecule has 5 nitrogen and oxygen atoms in total. The van der Waals surface area contributed by atoms with Crippen molar-refractivity contribution in [2.24, 2.45) is 5.92 Å². The SMILES string of the molecule is CCCNc1ncnc(NC2(CO)CCC(C)CC2)c1C. The lowest BCUT2D eigenvalue weighted by atomic mass is 9.77. The number of aromatic nitrogens is 2. The van der Waals surface area contributed by atoms with Gasteiger partial charge in [-0.2, -0.15) is 0 Å². The van der Waals surface area contributed by atoms with Crippen LogP contribution >= 0.6 is 0 Å². The van der Waals surface area contributed by atoms with Gasteiger partial charge in [0.25, 0.3) is 0 Å². The third-order valence-corrected chi connectivity index (χ3v) is 4.54. The third kappa shape index (κ3) is 3.84. The number of rotatable bonds is 6. The molecule has 1 aliphatic carbocycles. The molecule has 5 heteroatoms. The van der Waals surface area contributed by atoms with Crippen LogP contribution in [0.15, 0.2) is 6.33 Å². The Morgan fingerprint density at radius 2 is 1.95 bits per heavy atom. The molecule has 1 aromatic heterocycles. The van der Waals surface area contributed by atoms with Crippen LogP contribution in [0.1, 0.15) is 51.5 Å². The lowest BCUT2D eigenvalue weighted by Crippen LogP contribution is -2.45. The topological polar surface area (TPSA) is 70.1 Å². The predicted molar refractivity (Wildman–Crippen MR) is 86.6 cm³/mol. The lowest BCUT2D eigenvalue weighted by Gasteiger charge is -2.39. The van der Waals surface area contributed by atoms with Gasteiger partial charge in [-0.15, -0.1) is 0 Å².